The van der Waals surface area contributed by atoms with Gasteiger partial charge in [-0.15, -0.1) is 23.1 Å². The number of nitrogens with zero attached hydrogens (tertiary/aromatic N) is 3. The largest absolute Gasteiger partial charge is 0.351 e. The van der Waals surface area contributed by atoms with E-state index in [0.29, 0.717) is 28.7 Å². The number of benzene rings is 1. The van der Waals surface area contributed by atoms with Crippen molar-refractivity contribution < 1.29 is 9.18 Å². The van der Waals surface area contributed by atoms with Gasteiger partial charge in [0.25, 0.3) is 5.56 Å². The van der Waals surface area contributed by atoms with Crippen molar-refractivity contribution in [3.8, 4) is 5.69 Å². The number of H-pyrrole nitrogens is 1. The number of rotatable bonds is 7. The van der Waals surface area contributed by atoms with E-state index in [0.717, 1.165) is 35.9 Å². The maximum Gasteiger partial charge on any atom is 0.259 e. The molecule has 0 radical (unpaired) electrons. The number of aromatic amines is 1. The molecule has 176 valence electrons. The van der Waals surface area contributed by atoms with Crippen LogP contribution in [-0.2, 0) is 29.9 Å². The third-order valence-corrected chi connectivity index (χ3v) is 8.06. The normalized spacial score (nSPS) is 13.2. The van der Waals surface area contributed by atoms with Crippen LogP contribution < -0.4 is 10.9 Å². The molecule has 4 aromatic rings. The number of halogens is 1. The Balaban J connectivity index is 1.15. The first-order chi connectivity index (χ1) is 16.5. The topological polar surface area (TPSA) is 92.7 Å². The predicted molar refractivity (Wildman–Crippen MR) is 133 cm³/mol. The molecule has 1 aromatic carbocycles. The molecule has 0 bridgehead atoms. The number of aryl methyl sites for hydroxylation is 3. The van der Waals surface area contributed by atoms with Crippen molar-refractivity contribution in [3.63, 3.8) is 0 Å². The number of aromatic nitrogens is 4. The minimum Gasteiger partial charge on any atom is -0.351 e. The molecule has 0 spiro atoms. The molecule has 3 heterocycles. The lowest BCUT2D eigenvalue weighted by molar-refractivity contribution is -0.118. The molecule has 0 aliphatic heterocycles. The van der Waals surface area contributed by atoms with Crippen LogP contribution >= 0.6 is 23.1 Å². The summed E-state index contributed by atoms with van der Waals surface area (Å²) < 4.78 is 16.2. The predicted octanol–water partition coefficient (Wildman–Crippen LogP) is 4.05. The first-order valence-electron chi connectivity index (χ1n) is 11.2. The monoisotopic (exact) mass is 497 g/mol. The molecule has 1 aliphatic carbocycles. The van der Waals surface area contributed by atoms with E-state index in [1.165, 1.54) is 28.3 Å². The van der Waals surface area contributed by atoms with E-state index in [2.05, 4.69) is 20.3 Å². The number of carbonyl (C=O) groups excluding carboxylic acids is 1. The van der Waals surface area contributed by atoms with Crippen molar-refractivity contribution in [2.24, 2.45) is 0 Å². The zero-order chi connectivity index (χ0) is 23.7. The molecule has 7 nitrogen and oxygen atoms in total. The third-order valence-electron chi connectivity index (χ3n) is 5.93. The fourth-order valence-corrected chi connectivity index (χ4v) is 6.26. The quantitative estimate of drug-likeness (QED) is 0.402. The summed E-state index contributed by atoms with van der Waals surface area (Å²) in [5.41, 5.74) is 2.19. The van der Waals surface area contributed by atoms with E-state index < -0.39 is 0 Å². The summed E-state index contributed by atoms with van der Waals surface area (Å²) in [6.45, 7) is 2.05. The Morgan fingerprint density at radius 3 is 2.97 bits per heavy atom. The molecule has 10 heteroatoms. The van der Waals surface area contributed by atoms with Gasteiger partial charge in [0, 0.05) is 23.8 Å². The zero-order valence-corrected chi connectivity index (χ0v) is 20.3. The van der Waals surface area contributed by atoms with Crippen molar-refractivity contribution in [2.45, 2.75) is 44.9 Å². The highest BCUT2D eigenvalue weighted by atomic mass is 32.2. The molecule has 0 fully saturated rings. The highest BCUT2D eigenvalue weighted by Gasteiger charge is 2.19. The van der Waals surface area contributed by atoms with E-state index in [9.17, 15) is 14.0 Å². The fourth-order valence-electron chi connectivity index (χ4n) is 4.26. The summed E-state index contributed by atoms with van der Waals surface area (Å²) in [5.74, 6) is 1.41. The Morgan fingerprint density at radius 1 is 1.32 bits per heavy atom. The van der Waals surface area contributed by atoms with E-state index in [1.807, 2.05) is 6.92 Å². The molecule has 0 saturated heterocycles. The van der Waals surface area contributed by atoms with Crippen LogP contribution in [0, 0.1) is 12.7 Å². The van der Waals surface area contributed by atoms with Crippen LogP contribution in [0.1, 0.15) is 40.5 Å². The van der Waals surface area contributed by atoms with Crippen LogP contribution in [0.4, 0.5) is 4.39 Å². The summed E-state index contributed by atoms with van der Waals surface area (Å²) in [5, 5.41) is 3.56. The average molecular weight is 498 g/mol. The molecule has 34 heavy (non-hydrogen) atoms. The number of imidazole rings is 1. The molecule has 0 atom stereocenters. The minimum absolute atomic E-state index is 0.0826. The van der Waals surface area contributed by atoms with Gasteiger partial charge in [0.1, 0.15) is 22.3 Å². The Bertz CT molecular complexity index is 1420. The maximum absolute atomic E-state index is 14.5. The number of hydrogen-bond acceptors (Lipinski definition) is 6. The fraction of sp³-hybridized carbons (Fsp3) is 0.333. The molecular formula is C24H24FN5O2S2. The van der Waals surface area contributed by atoms with E-state index in [-0.39, 0.29) is 29.6 Å². The van der Waals surface area contributed by atoms with E-state index in [1.54, 1.807) is 40.4 Å². The maximum atomic E-state index is 14.5. The molecule has 1 amide bonds. The number of carbonyl (C=O) groups is 1. The van der Waals surface area contributed by atoms with Crippen molar-refractivity contribution in [1.29, 1.82) is 0 Å². The number of thiophene rings is 1. The van der Waals surface area contributed by atoms with Gasteiger partial charge in [0.05, 0.1) is 22.6 Å². The second-order valence-electron chi connectivity index (χ2n) is 8.30. The molecule has 5 rings (SSSR count). The summed E-state index contributed by atoms with van der Waals surface area (Å²) in [4.78, 5) is 38.6. The van der Waals surface area contributed by atoms with Crippen LogP contribution in [0.2, 0.25) is 0 Å². The average Bonchev–Trinajstić information content (AvgIpc) is 3.41. The second kappa shape index (κ2) is 9.71. The number of hydrogen-bond donors (Lipinski definition) is 2. The number of nitrogens with one attached hydrogen (secondary N) is 2. The van der Waals surface area contributed by atoms with Crippen molar-refractivity contribution in [2.75, 3.05) is 5.75 Å². The van der Waals surface area contributed by atoms with Gasteiger partial charge >= 0.3 is 0 Å². The molecule has 1 aliphatic rings. The van der Waals surface area contributed by atoms with Crippen LogP contribution in [0.15, 0.2) is 35.4 Å². The van der Waals surface area contributed by atoms with Gasteiger partial charge in [0.2, 0.25) is 5.91 Å². The van der Waals surface area contributed by atoms with E-state index >= 15 is 0 Å². The van der Waals surface area contributed by atoms with Gasteiger partial charge in [0.15, 0.2) is 0 Å². The summed E-state index contributed by atoms with van der Waals surface area (Å²) in [6.07, 6.45) is 7.58. The standard InChI is InChI=1S/C24H24FN5O2S2/c1-14-26-8-9-30(14)18-7-6-15(10-17(18)25)11-27-21(31)13-33-12-20-28-23(32)22-16-4-2-3-5-19(16)34-24(22)29-20/h6-10H,2-5,11-13H2,1H3,(H,27,31)(H,28,29,32). The van der Waals surface area contributed by atoms with Crippen LogP contribution in [-0.4, -0.2) is 31.2 Å². The number of amides is 1. The Labute approximate surface area is 203 Å². The van der Waals surface area contributed by atoms with Gasteiger partial charge in [-0.3, -0.25) is 9.59 Å². The minimum atomic E-state index is -0.372. The van der Waals surface area contributed by atoms with Crippen LogP contribution in [0.5, 0.6) is 0 Å². The van der Waals surface area contributed by atoms with Gasteiger partial charge in [-0.25, -0.2) is 14.4 Å². The van der Waals surface area contributed by atoms with E-state index in [4.69, 9.17) is 0 Å². The Morgan fingerprint density at radius 2 is 2.18 bits per heavy atom. The Kier molecular flexibility index (Phi) is 6.51. The van der Waals surface area contributed by atoms with Gasteiger partial charge in [-0.1, -0.05) is 6.07 Å². The molecule has 0 unspecified atom stereocenters. The lowest BCUT2D eigenvalue weighted by atomic mass is 9.97. The van der Waals surface area contributed by atoms with Crippen molar-refractivity contribution in [1.82, 2.24) is 24.8 Å². The molecule has 0 saturated carbocycles. The summed E-state index contributed by atoms with van der Waals surface area (Å²) >= 11 is 3.00. The van der Waals surface area contributed by atoms with Crippen LogP contribution in [0.3, 0.4) is 0 Å². The lowest BCUT2D eigenvalue weighted by Crippen LogP contribution is -2.24. The summed E-state index contributed by atoms with van der Waals surface area (Å²) in [7, 11) is 0. The zero-order valence-electron chi connectivity index (χ0n) is 18.7. The van der Waals surface area contributed by atoms with Gasteiger partial charge in [-0.05, 0) is 55.9 Å². The van der Waals surface area contributed by atoms with Gasteiger partial charge < -0.3 is 14.9 Å². The highest BCUT2D eigenvalue weighted by molar-refractivity contribution is 7.99. The third kappa shape index (κ3) is 4.65. The number of thioether (sulfide) groups is 1. The molecular weight excluding hydrogens is 473 g/mol. The smallest absolute Gasteiger partial charge is 0.259 e. The van der Waals surface area contributed by atoms with Crippen molar-refractivity contribution >= 4 is 39.2 Å². The second-order valence-corrected chi connectivity index (χ2v) is 10.4. The summed E-state index contributed by atoms with van der Waals surface area (Å²) in [6, 6.07) is 4.89. The highest BCUT2D eigenvalue weighted by Crippen LogP contribution is 2.33. The molecule has 2 N–H and O–H groups in total. The SMILES string of the molecule is Cc1nccn1-c1ccc(CNC(=O)CSCc2nc3sc4c(c3c(=O)[nH]2)CCCC4)cc1F. The van der Waals surface area contributed by atoms with Crippen molar-refractivity contribution in [3.05, 3.63) is 74.4 Å². The van der Waals surface area contributed by atoms with Crippen LogP contribution in [0.25, 0.3) is 15.9 Å². The molecule has 3 aromatic heterocycles. The first-order valence-corrected chi connectivity index (χ1v) is 13.1. The van der Waals surface area contributed by atoms with Gasteiger partial charge in [-0.2, -0.15) is 0 Å². The number of fused-ring (bicyclic) bond motifs is 3. The Hall–Kier alpha value is -2.98. The lowest BCUT2D eigenvalue weighted by Gasteiger charge is -2.10. The first kappa shape index (κ1) is 22.8.